The lowest BCUT2D eigenvalue weighted by Crippen LogP contribution is -2.54. The molecule has 2 rings (SSSR count). The Hall–Kier alpha value is -1.17. The van der Waals surface area contributed by atoms with E-state index in [1.165, 1.54) is 0 Å². The molecule has 0 radical (unpaired) electrons. The minimum atomic E-state index is -0.595. The van der Waals surface area contributed by atoms with E-state index in [4.69, 9.17) is 39.5 Å². The minimum Gasteiger partial charge on any atom is -0.482 e. The SMILES string of the molecule is CC(C)(CCl)C(=O)N1CCN(C(=O)COc2ccc(Cl)cc2Cl)CC1. The summed E-state index contributed by atoms with van der Waals surface area (Å²) >= 11 is 17.7. The largest absolute Gasteiger partial charge is 0.482 e. The normalized spacial score (nSPS) is 15.2. The molecule has 1 fully saturated rings. The molecule has 1 saturated heterocycles. The van der Waals surface area contributed by atoms with Crippen LogP contribution in [0.15, 0.2) is 18.2 Å². The van der Waals surface area contributed by atoms with E-state index in [-0.39, 0.29) is 24.3 Å². The fourth-order valence-electron chi connectivity index (χ4n) is 2.47. The number of benzene rings is 1. The van der Waals surface area contributed by atoms with Crippen molar-refractivity contribution >= 4 is 46.6 Å². The van der Waals surface area contributed by atoms with Crippen LogP contribution in [0, 0.1) is 5.41 Å². The van der Waals surface area contributed by atoms with Crippen molar-refractivity contribution in [1.29, 1.82) is 0 Å². The maximum absolute atomic E-state index is 12.4. The number of piperazine rings is 1. The molecule has 0 bridgehead atoms. The Balaban J connectivity index is 1.84. The average Bonchev–Trinajstić information content (AvgIpc) is 2.60. The number of carbonyl (C=O) groups is 2. The standard InChI is InChI=1S/C17H21Cl3N2O3/c1-17(2,11-18)16(24)22-7-5-21(6-8-22)15(23)10-25-14-4-3-12(19)9-13(14)20/h3-4,9H,5-8,10-11H2,1-2H3. The van der Waals surface area contributed by atoms with Crippen LogP contribution in [-0.4, -0.2) is 60.3 Å². The number of amides is 2. The van der Waals surface area contributed by atoms with Gasteiger partial charge in [-0.25, -0.2) is 0 Å². The van der Waals surface area contributed by atoms with Gasteiger partial charge in [-0.3, -0.25) is 9.59 Å². The summed E-state index contributed by atoms with van der Waals surface area (Å²) in [5.74, 6) is 0.548. The lowest BCUT2D eigenvalue weighted by atomic mass is 9.94. The monoisotopic (exact) mass is 406 g/mol. The van der Waals surface area contributed by atoms with E-state index in [0.29, 0.717) is 42.0 Å². The van der Waals surface area contributed by atoms with E-state index in [1.807, 2.05) is 13.8 Å². The van der Waals surface area contributed by atoms with Gasteiger partial charge in [0.15, 0.2) is 6.61 Å². The molecule has 0 spiro atoms. The van der Waals surface area contributed by atoms with Crippen molar-refractivity contribution in [3.8, 4) is 5.75 Å². The first-order valence-electron chi connectivity index (χ1n) is 7.95. The molecular weight excluding hydrogens is 387 g/mol. The fourth-order valence-corrected chi connectivity index (χ4v) is 3.04. The third-order valence-corrected chi connectivity index (χ3v) is 5.28. The van der Waals surface area contributed by atoms with E-state index >= 15 is 0 Å². The fraction of sp³-hybridized carbons (Fsp3) is 0.529. The predicted octanol–water partition coefficient (Wildman–Crippen LogP) is 3.31. The Bertz CT molecular complexity index is 644. The Morgan fingerprint density at radius 1 is 1.12 bits per heavy atom. The van der Waals surface area contributed by atoms with Gasteiger partial charge in [-0.2, -0.15) is 0 Å². The molecule has 1 heterocycles. The van der Waals surface area contributed by atoms with Crippen molar-refractivity contribution in [2.24, 2.45) is 5.41 Å². The van der Waals surface area contributed by atoms with Crippen LogP contribution in [0.1, 0.15) is 13.8 Å². The molecule has 5 nitrogen and oxygen atoms in total. The smallest absolute Gasteiger partial charge is 0.260 e. The number of alkyl halides is 1. The number of halogens is 3. The Morgan fingerprint density at radius 3 is 2.28 bits per heavy atom. The van der Waals surface area contributed by atoms with E-state index in [2.05, 4.69) is 0 Å². The summed E-state index contributed by atoms with van der Waals surface area (Å²) in [6, 6.07) is 4.84. The molecule has 0 unspecified atom stereocenters. The summed E-state index contributed by atoms with van der Waals surface area (Å²) in [6.07, 6.45) is 0. The molecule has 0 N–H and O–H groups in total. The van der Waals surface area contributed by atoms with Crippen LogP contribution in [-0.2, 0) is 9.59 Å². The van der Waals surface area contributed by atoms with Gasteiger partial charge in [0.2, 0.25) is 5.91 Å². The summed E-state index contributed by atoms with van der Waals surface area (Å²) in [7, 11) is 0. The lowest BCUT2D eigenvalue weighted by molar-refractivity contribution is -0.145. The van der Waals surface area contributed by atoms with Crippen LogP contribution in [0.4, 0.5) is 0 Å². The first-order valence-corrected chi connectivity index (χ1v) is 9.24. The molecule has 25 heavy (non-hydrogen) atoms. The molecule has 1 aliphatic heterocycles. The van der Waals surface area contributed by atoms with Gasteiger partial charge >= 0.3 is 0 Å². The van der Waals surface area contributed by atoms with E-state index in [9.17, 15) is 9.59 Å². The zero-order chi connectivity index (χ0) is 18.6. The molecule has 1 aliphatic rings. The average molecular weight is 408 g/mol. The quantitative estimate of drug-likeness (QED) is 0.704. The van der Waals surface area contributed by atoms with E-state index in [1.54, 1.807) is 28.0 Å². The minimum absolute atomic E-state index is 0.0128. The van der Waals surface area contributed by atoms with Crippen LogP contribution in [0.5, 0.6) is 5.75 Å². The number of carbonyl (C=O) groups excluding carboxylic acids is 2. The topological polar surface area (TPSA) is 49.9 Å². The molecule has 138 valence electrons. The number of nitrogens with zero attached hydrogens (tertiary/aromatic N) is 2. The van der Waals surface area contributed by atoms with Crippen molar-refractivity contribution in [1.82, 2.24) is 9.80 Å². The second kappa shape index (κ2) is 8.47. The van der Waals surface area contributed by atoms with Crippen molar-refractivity contribution in [3.05, 3.63) is 28.2 Å². The highest BCUT2D eigenvalue weighted by Gasteiger charge is 2.33. The molecular formula is C17H21Cl3N2O3. The highest BCUT2D eigenvalue weighted by atomic mass is 35.5. The second-order valence-corrected chi connectivity index (χ2v) is 7.66. The van der Waals surface area contributed by atoms with Gasteiger partial charge in [0.25, 0.3) is 5.91 Å². The van der Waals surface area contributed by atoms with Crippen LogP contribution in [0.25, 0.3) is 0 Å². The number of hydrogen-bond acceptors (Lipinski definition) is 3. The third-order valence-electron chi connectivity index (χ3n) is 4.08. The van der Waals surface area contributed by atoms with Crippen molar-refractivity contribution in [2.75, 3.05) is 38.7 Å². The molecule has 0 saturated carbocycles. The maximum atomic E-state index is 12.4. The Labute approximate surface area is 162 Å². The number of ether oxygens (including phenoxy) is 1. The molecule has 1 aromatic carbocycles. The first-order chi connectivity index (χ1) is 11.7. The predicted molar refractivity (Wildman–Crippen MR) is 99.6 cm³/mol. The summed E-state index contributed by atoms with van der Waals surface area (Å²) in [6.45, 7) is 5.47. The van der Waals surface area contributed by atoms with Gasteiger partial charge in [0, 0.05) is 37.1 Å². The lowest BCUT2D eigenvalue weighted by Gasteiger charge is -2.38. The van der Waals surface area contributed by atoms with E-state index in [0.717, 1.165) is 0 Å². The van der Waals surface area contributed by atoms with Crippen LogP contribution < -0.4 is 4.74 Å². The highest BCUT2D eigenvalue weighted by Crippen LogP contribution is 2.27. The van der Waals surface area contributed by atoms with Gasteiger partial charge in [-0.05, 0) is 32.0 Å². The first kappa shape index (κ1) is 20.1. The van der Waals surface area contributed by atoms with Crippen molar-refractivity contribution < 1.29 is 14.3 Å². The van der Waals surface area contributed by atoms with Gasteiger partial charge in [0.05, 0.1) is 10.4 Å². The zero-order valence-corrected chi connectivity index (χ0v) is 16.5. The second-order valence-electron chi connectivity index (χ2n) is 6.55. The van der Waals surface area contributed by atoms with Gasteiger partial charge in [-0.1, -0.05) is 23.2 Å². The summed E-state index contributed by atoms with van der Waals surface area (Å²) in [5.41, 5.74) is -0.595. The summed E-state index contributed by atoms with van der Waals surface area (Å²) in [4.78, 5) is 28.1. The van der Waals surface area contributed by atoms with Crippen molar-refractivity contribution in [3.63, 3.8) is 0 Å². The molecule has 0 atom stereocenters. The van der Waals surface area contributed by atoms with E-state index < -0.39 is 5.41 Å². The summed E-state index contributed by atoms with van der Waals surface area (Å²) in [5, 5.41) is 0.864. The van der Waals surface area contributed by atoms with Gasteiger partial charge in [0.1, 0.15) is 5.75 Å². The van der Waals surface area contributed by atoms with Gasteiger partial charge in [-0.15, -0.1) is 11.6 Å². The Kier molecular flexibility index (Phi) is 6.83. The zero-order valence-electron chi connectivity index (χ0n) is 14.2. The maximum Gasteiger partial charge on any atom is 0.260 e. The Morgan fingerprint density at radius 2 is 1.72 bits per heavy atom. The van der Waals surface area contributed by atoms with Gasteiger partial charge < -0.3 is 14.5 Å². The molecule has 8 heteroatoms. The van der Waals surface area contributed by atoms with Crippen molar-refractivity contribution in [2.45, 2.75) is 13.8 Å². The molecule has 0 aliphatic carbocycles. The van der Waals surface area contributed by atoms with Crippen LogP contribution in [0.3, 0.4) is 0 Å². The number of hydrogen-bond donors (Lipinski definition) is 0. The molecule has 1 aromatic rings. The summed E-state index contributed by atoms with van der Waals surface area (Å²) < 4.78 is 5.47. The third kappa shape index (κ3) is 5.16. The number of rotatable bonds is 5. The highest BCUT2D eigenvalue weighted by molar-refractivity contribution is 6.35. The molecule has 0 aromatic heterocycles. The molecule has 2 amide bonds. The van der Waals surface area contributed by atoms with Crippen LogP contribution in [0.2, 0.25) is 10.0 Å². The van der Waals surface area contributed by atoms with Crippen LogP contribution >= 0.6 is 34.8 Å².